The number of benzene rings is 1. The molecule has 19 heavy (non-hydrogen) atoms. The normalized spacial score (nSPS) is 24.4. The van der Waals surface area contributed by atoms with Crippen molar-refractivity contribution in [3.63, 3.8) is 0 Å². The van der Waals surface area contributed by atoms with Crippen molar-refractivity contribution in [1.82, 2.24) is 5.06 Å². The summed E-state index contributed by atoms with van der Waals surface area (Å²) >= 11 is 0. The highest BCUT2D eigenvalue weighted by molar-refractivity contribution is 6.20. The number of imide groups is 1. The van der Waals surface area contributed by atoms with Crippen molar-refractivity contribution in [3.8, 4) is 0 Å². The lowest BCUT2D eigenvalue weighted by atomic mass is 10.1. The van der Waals surface area contributed by atoms with Crippen LogP contribution in [0.4, 0.5) is 0 Å². The average molecular weight is 259 g/mol. The molecule has 1 aliphatic heterocycles. The summed E-state index contributed by atoms with van der Waals surface area (Å²) in [5, 5.41) is 0.581. The van der Waals surface area contributed by atoms with Gasteiger partial charge in [-0.2, -0.15) is 0 Å². The molecule has 1 aromatic rings. The maximum atomic E-state index is 12.0. The minimum absolute atomic E-state index is 0.172. The number of carbonyl (C=O) groups is 3. The lowest BCUT2D eigenvalue weighted by Gasteiger charge is -2.12. The van der Waals surface area contributed by atoms with Gasteiger partial charge in [-0.15, -0.1) is 0 Å². The quantitative estimate of drug-likeness (QED) is 0.776. The monoisotopic (exact) mass is 259 g/mol. The van der Waals surface area contributed by atoms with E-state index in [-0.39, 0.29) is 17.0 Å². The first-order valence-corrected chi connectivity index (χ1v) is 6.33. The van der Waals surface area contributed by atoms with E-state index in [1.807, 2.05) is 6.92 Å². The molecule has 2 amide bonds. The Labute approximate surface area is 110 Å². The Morgan fingerprint density at radius 3 is 2.32 bits per heavy atom. The van der Waals surface area contributed by atoms with Crippen molar-refractivity contribution >= 4 is 17.8 Å². The van der Waals surface area contributed by atoms with Gasteiger partial charge in [0.05, 0.1) is 17.0 Å². The Morgan fingerprint density at radius 1 is 1.26 bits per heavy atom. The molecule has 5 heteroatoms. The van der Waals surface area contributed by atoms with Crippen molar-refractivity contribution in [1.29, 1.82) is 0 Å². The number of fused-ring (bicyclic) bond motifs is 1. The Bertz CT molecular complexity index is 546. The van der Waals surface area contributed by atoms with E-state index in [2.05, 4.69) is 0 Å². The average Bonchev–Trinajstić information content (AvgIpc) is 3.18. The Balaban J connectivity index is 1.76. The van der Waals surface area contributed by atoms with Gasteiger partial charge in [-0.05, 0) is 24.5 Å². The third kappa shape index (κ3) is 1.82. The third-order valence-electron chi connectivity index (χ3n) is 3.69. The molecule has 2 atom stereocenters. The number of hydrogen-bond acceptors (Lipinski definition) is 4. The summed E-state index contributed by atoms with van der Waals surface area (Å²) < 4.78 is 0. The fraction of sp³-hybridized carbons (Fsp3) is 0.357. The Morgan fingerprint density at radius 2 is 1.84 bits per heavy atom. The molecule has 1 saturated carbocycles. The van der Waals surface area contributed by atoms with Gasteiger partial charge in [0.1, 0.15) is 0 Å². The molecular formula is C14H13NO4. The highest BCUT2D eigenvalue weighted by Crippen LogP contribution is 2.42. The van der Waals surface area contributed by atoms with Crippen molar-refractivity contribution in [2.24, 2.45) is 11.8 Å². The second-order valence-electron chi connectivity index (χ2n) is 4.87. The summed E-state index contributed by atoms with van der Waals surface area (Å²) in [7, 11) is 0. The van der Waals surface area contributed by atoms with Crippen molar-refractivity contribution in [2.75, 3.05) is 0 Å². The lowest BCUT2D eigenvalue weighted by molar-refractivity contribution is -0.170. The lowest BCUT2D eigenvalue weighted by Crippen LogP contribution is -2.33. The maximum absolute atomic E-state index is 12.0. The van der Waals surface area contributed by atoms with E-state index in [1.54, 1.807) is 24.3 Å². The molecule has 1 aromatic carbocycles. The third-order valence-corrected chi connectivity index (χ3v) is 3.69. The van der Waals surface area contributed by atoms with Crippen molar-refractivity contribution in [2.45, 2.75) is 19.8 Å². The molecule has 1 fully saturated rings. The highest BCUT2D eigenvalue weighted by atomic mass is 16.7. The first kappa shape index (κ1) is 11.9. The zero-order valence-electron chi connectivity index (χ0n) is 10.5. The topological polar surface area (TPSA) is 63.7 Å². The van der Waals surface area contributed by atoms with Crippen LogP contribution in [0.1, 0.15) is 40.5 Å². The van der Waals surface area contributed by atoms with Crippen LogP contribution in [0.3, 0.4) is 0 Å². The van der Waals surface area contributed by atoms with E-state index in [1.165, 1.54) is 0 Å². The molecule has 0 spiro atoms. The smallest absolute Gasteiger partial charge is 0.329 e. The van der Waals surface area contributed by atoms with E-state index in [0.717, 1.165) is 12.8 Å². The second-order valence-corrected chi connectivity index (χ2v) is 4.87. The molecular weight excluding hydrogens is 246 g/mol. The molecule has 5 nitrogen and oxygen atoms in total. The van der Waals surface area contributed by atoms with Crippen LogP contribution in [0.2, 0.25) is 0 Å². The number of amides is 2. The van der Waals surface area contributed by atoms with Gasteiger partial charge in [0.25, 0.3) is 11.8 Å². The van der Waals surface area contributed by atoms with Gasteiger partial charge < -0.3 is 4.84 Å². The minimum Gasteiger partial charge on any atom is -0.329 e. The summed E-state index contributed by atoms with van der Waals surface area (Å²) in [5.74, 6) is -1.47. The number of nitrogens with zero attached hydrogens (tertiary/aromatic N) is 1. The first-order chi connectivity index (χ1) is 9.13. The van der Waals surface area contributed by atoms with Crippen LogP contribution in [0.15, 0.2) is 24.3 Å². The van der Waals surface area contributed by atoms with E-state index in [0.29, 0.717) is 11.0 Å². The molecule has 98 valence electrons. The van der Waals surface area contributed by atoms with Crippen LogP contribution >= 0.6 is 0 Å². The van der Waals surface area contributed by atoms with Crippen LogP contribution in [-0.2, 0) is 9.63 Å². The van der Waals surface area contributed by atoms with Gasteiger partial charge >= 0.3 is 5.97 Å². The molecule has 3 rings (SSSR count). The molecule has 1 aliphatic carbocycles. The summed E-state index contributed by atoms with van der Waals surface area (Å²) in [4.78, 5) is 40.7. The van der Waals surface area contributed by atoms with Crippen LogP contribution in [0.25, 0.3) is 0 Å². The first-order valence-electron chi connectivity index (χ1n) is 6.33. The van der Waals surface area contributed by atoms with E-state index in [9.17, 15) is 14.4 Å². The molecule has 0 saturated heterocycles. The SMILES string of the molecule is CCC1CC1C(=O)ON1C(=O)c2ccccc2C1=O. The predicted octanol–water partition coefficient (Wildman–Crippen LogP) is 1.79. The van der Waals surface area contributed by atoms with Crippen molar-refractivity contribution in [3.05, 3.63) is 35.4 Å². The largest absolute Gasteiger partial charge is 0.336 e. The fourth-order valence-electron chi connectivity index (χ4n) is 2.40. The Kier molecular flexibility index (Phi) is 2.62. The molecule has 2 aliphatic rings. The summed E-state index contributed by atoms with van der Waals surface area (Å²) in [6.07, 6.45) is 1.68. The van der Waals surface area contributed by atoms with E-state index >= 15 is 0 Å². The second kappa shape index (κ2) is 4.19. The maximum Gasteiger partial charge on any atom is 0.336 e. The van der Waals surface area contributed by atoms with E-state index < -0.39 is 17.8 Å². The standard InChI is InChI=1S/C14H13NO4/c1-2-8-7-11(8)14(18)19-15-12(16)9-5-3-4-6-10(9)13(15)17/h3-6,8,11H,2,7H2,1H3. The zero-order chi connectivity index (χ0) is 13.6. The van der Waals surface area contributed by atoms with Gasteiger partial charge in [0.15, 0.2) is 0 Å². The minimum atomic E-state index is -0.567. The Hall–Kier alpha value is -2.17. The van der Waals surface area contributed by atoms with Crippen LogP contribution in [-0.4, -0.2) is 22.8 Å². The number of rotatable bonds is 3. The summed E-state index contributed by atoms with van der Waals surface area (Å²) in [6, 6.07) is 6.44. The molecule has 0 aromatic heterocycles. The fourth-order valence-corrected chi connectivity index (χ4v) is 2.40. The summed E-state index contributed by atoms with van der Waals surface area (Å²) in [5.41, 5.74) is 0.561. The van der Waals surface area contributed by atoms with Gasteiger partial charge in [-0.3, -0.25) is 9.59 Å². The number of hydrogen-bond donors (Lipinski definition) is 0. The molecule has 0 radical (unpaired) electrons. The van der Waals surface area contributed by atoms with Crippen LogP contribution < -0.4 is 0 Å². The molecule has 0 bridgehead atoms. The van der Waals surface area contributed by atoms with Crippen LogP contribution in [0, 0.1) is 11.8 Å². The molecule has 2 unspecified atom stereocenters. The molecule has 1 heterocycles. The highest BCUT2D eigenvalue weighted by Gasteiger charge is 2.46. The van der Waals surface area contributed by atoms with Gasteiger partial charge in [-0.25, -0.2) is 4.79 Å². The van der Waals surface area contributed by atoms with Crippen LogP contribution in [0.5, 0.6) is 0 Å². The van der Waals surface area contributed by atoms with Gasteiger partial charge in [0, 0.05) is 0 Å². The van der Waals surface area contributed by atoms with Gasteiger partial charge in [0.2, 0.25) is 0 Å². The number of carbonyl (C=O) groups excluding carboxylic acids is 3. The van der Waals surface area contributed by atoms with E-state index in [4.69, 9.17) is 4.84 Å². The predicted molar refractivity (Wildman–Crippen MR) is 64.9 cm³/mol. The zero-order valence-corrected chi connectivity index (χ0v) is 10.5. The molecule has 0 N–H and O–H groups in total. The van der Waals surface area contributed by atoms with Crippen molar-refractivity contribution < 1.29 is 19.2 Å². The van der Waals surface area contributed by atoms with Gasteiger partial charge in [-0.1, -0.05) is 30.5 Å². The summed E-state index contributed by atoms with van der Waals surface area (Å²) in [6.45, 7) is 2.00. The number of hydroxylamine groups is 2.